The first-order valence-electron chi connectivity index (χ1n) is 9.73. The van der Waals surface area contributed by atoms with Crippen LogP contribution < -0.4 is 10.1 Å². The van der Waals surface area contributed by atoms with Gasteiger partial charge >= 0.3 is 0 Å². The number of hydrogen-bond acceptors (Lipinski definition) is 4. The van der Waals surface area contributed by atoms with E-state index < -0.39 is 10.0 Å². The number of methoxy groups -OCH3 is 1. The number of para-hydroxylation sites is 1. The summed E-state index contributed by atoms with van der Waals surface area (Å²) in [7, 11) is -1.99. The largest absolute Gasteiger partial charge is 0.496 e. The first-order valence-corrected chi connectivity index (χ1v) is 11.2. The Morgan fingerprint density at radius 3 is 2.48 bits per heavy atom. The minimum Gasteiger partial charge on any atom is -0.496 e. The zero-order chi connectivity index (χ0) is 20.7. The lowest BCUT2D eigenvalue weighted by molar-refractivity contribution is -0.111. The van der Waals surface area contributed by atoms with E-state index in [1.807, 2.05) is 24.3 Å². The molecule has 0 atom stereocenters. The van der Waals surface area contributed by atoms with Crippen LogP contribution in [0.4, 0.5) is 5.69 Å². The summed E-state index contributed by atoms with van der Waals surface area (Å²) in [5.74, 6) is 0.322. The smallest absolute Gasteiger partial charge is 0.248 e. The van der Waals surface area contributed by atoms with Crippen LogP contribution in [0.2, 0.25) is 0 Å². The van der Waals surface area contributed by atoms with E-state index in [0.717, 1.165) is 31.2 Å². The molecule has 0 aromatic heterocycles. The molecule has 1 heterocycles. The Balaban J connectivity index is 1.72. The number of carbonyl (C=O) groups is 1. The highest BCUT2D eigenvalue weighted by Crippen LogP contribution is 2.23. The molecule has 2 aromatic carbocycles. The van der Waals surface area contributed by atoms with Gasteiger partial charge in [-0.2, -0.15) is 4.31 Å². The predicted octanol–water partition coefficient (Wildman–Crippen LogP) is 3.91. The topological polar surface area (TPSA) is 75.7 Å². The van der Waals surface area contributed by atoms with Crippen LogP contribution in [0, 0.1) is 0 Å². The van der Waals surface area contributed by atoms with E-state index in [1.165, 1.54) is 12.1 Å². The summed E-state index contributed by atoms with van der Waals surface area (Å²) < 4.78 is 32.7. The Labute approximate surface area is 172 Å². The number of amides is 1. The molecule has 0 bridgehead atoms. The fourth-order valence-electron chi connectivity index (χ4n) is 3.32. The number of rotatable bonds is 6. The summed E-state index contributed by atoms with van der Waals surface area (Å²) >= 11 is 0. The molecule has 1 amide bonds. The van der Waals surface area contributed by atoms with Crippen molar-refractivity contribution >= 4 is 27.7 Å². The van der Waals surface area contributed by atoms with E-state index in [4.69, 9.17) is 4.74 Å². The number of sulfonamides is 1. The molecule has 0 unspecified atom stereocenters. The van der Waals surface area contributed by atoms with Crippen molar-refractivity contribution in [1.29, 1.82) is 0 Å². The number of nitrogens with one attached hydrogen (secondary N) is 1. The standard InChI is InChI=1S/C22H26N2O4S/c1-28-21-12-5-4-9-18(21)13-14-22(25)23-19-10-8-11-20(17-19)29(26,27)24-15-6-2-3-7-16-24/h4-5,8-14,17H,2-3,6-7,15-16H2,1H3,(H,23,25)/b14-13+. The Morgan fingerprint density at radius 1 is 1.03 bits per heavy atom. The number of benzene rings is 2. The molecule has 7 heteroatoms. The second kappa shape index (κ2) is 9.71. The van der Waals surface area contributed by atoms with Crippen molar-refractivity contribution in [2.24, 2.45) is 0 Å². The van der Waals surface area contributed by atoms with E-state index in [9.17, 15) is 13.2 Å². The van der Waals surface area contributed by atoms with Gasteiger partial charge in [-0.25, -0.2) is 8.42 Å². The molecule has 2 aromatic rings. The second-order valence-electron chi connectivity index (χ2n) is 6.91. The highest BCUT2D eigenvalue weighted by Gasteiger charge is 2.25. The average molecular weight is 415 g/mol. The maximum atomic E-state index is 12.9. The van der Waals surface area contributed by atoms with Crippen molar-refractivity contribution in [3.05, 3.63) is 60.2 Å². The minimum absolute atomic E-state index is 0.200. The SMILES string of the molecule is COc1ccccc1/C=C/C(=O)Nc1cccc(S(=O)(=O)N2CCCCCC2)c1. The molecule has 1 N–H and O–H groups in total. The fourth-order valence-corrected chi connectivity index (χ4v) is 4.88. The van der Waals surface area contributed by atoms with Crippen molar-refractivity contribution in [2.75, 3.05) is 25.5 Å². The van der Waals surface area contributed by atoms with Gasteiger partial charge in [-0.15, -0.1) is 0 Å². The van der Waals surface area contributed by atoms with Gasteiger partial charge < -0.3 is 10.1 Å². The fraction of sp³-hybridized carbons (Fsp3) is 0.318. The van der Waals surface area contributed by atoms with Gasteiger partial charge in [-0.1, -0.05) is 37.1 Å². The summed E-state index contributed by atoms with van der Waals surface area (Å²) in [6.45, 7) is 1.08. The zero-order valence-electron chi connectivity index (χ0n) is 16.5. The monoisotopic (exact) mass is 414 g/mol. The van der Waals surface area contributed by atoms with Crippen molar-refractivity contribution < 1.29 is 17.9 Å². The molecule has 1 aliphatic rings. The van der Waals surface area contributed by atoms with Crippen LogP contribution >= 0.6 is 0 Å². The minimum atomic E-state index is -3.56. The number of nitrogens with zero attached hydrogens (tertiary/aromatic N) is 1. The van der Waals surface area contributed by atoms with Crippen LogP contribution in [0.25, 0.3) is 6.08 Å². The number of carbonyl (C=O) groups excluding carboxylic acids is 1. The van der Waals surface area contributed by atoms with Gasteiger partial charge in [0.05, 0.1) is 12.0 Å². The van der Waals surface area contributed by atoms with E-state index >= 15 is 0 Å². The van der Waals surface area contributed by atoms with Gasteiger partial charge in [0.15, 0.2) is 0 Å². The molecule has 6 nitrogen and oxygen atoms in total. The molecule has 1 aliphatic heterocycles. The normalized spacial score (nSPS) is 15.8. The molecule has 0 radical (unpaired) electrons. The lowest BCUT2D eigenvalue weighted by Gasteiger charge is -2.20. The van der Waals surface area contributed by atoms with Crippen LogP contribution in [-0.2, 0) is 14.8 Å². The van der Waals surface area contributed by atoms with Crippen molar-refractivity contribution in [3.63, 3.8) is 0 Å². The van der Waals surface area contributed by atoms with Crippen molar-refractivity contribution in [2.45, 2.75) is 30.6 Å². The van der Waals surface area contributed by atoms with E-state index in [2.05, 4.69) is 5.32 Å². The van der Waals surface area contributed by atoms with E-state index in [0.29, 0.717) is 24.5 Å². The molecule has 0 aliphatic carbocycles. The van der Waals surface area contributed by atoms with Crippen LogP contribution in [0.1, 0.15) is 31.2 Å². The van der Waals surface area contributed by atoms with Crippen LogP contribution in [0.15, 0.2) is 59.5 Å². The third-order valence-electron chi connectivity index (χ3n) is 4.86. The maximum Gasteiger partial charge on any atom is 0.248 e. The van der Waals surface area contributed by atoms with E-state index in [1.54, 1.807) is 35.7 Å². The first-order chi connectivity index (χ1) is 14.0. The van der Waals surface area contributed by atoms with E-state index in [-0.39, 0.29) is 10.8 Å². The molecule has 0 saturated carbocycles. The van der Waals surface area contributed by atoms with Gasteiger partial charge in [0.2, 0.25) is 15.9 Å². The summed E-state index contributed by atoms with van der Waals surface area (Å²) in [5.41, 5.74) is 1.22. The third-order valence-corrected chi connectivity index (χ3v) is 6.75. The van der Waals surface area contributed by atoms with Crippen LogP contribution in [-0.4, -0.2) is 38.8 Å². The highest BCUT2D eigenvalue weighted by molar-refractivity contribution is 7.89. The van der Waals surface area contributed by atoms with Gasteiger partial charge in [0.25, 0.3) is 0 Å². The van der Waals surface area contributed by atoms with Gasteiger partial charge in [0.1, 0.15) is 5.75 Å². The Morgan fingerprint density at radius 2 is 1.76 bits per heavy atom. The molecule has 1 saturated heterocycles. The predicted molar refractivity (Wildman–Crippen MR) is 114 cm³/mol. The summed E-state index contributed by atoms with van der Waals surface area (Å²) in [4.78, 5) is 12.5. The molecule has 29 heavy (non-hydrogen) atoms. The number of hydrogen-bond donors (Lipinski definition) is 1. The Kier molecular flexibility index (Phi) is 7.06. The Hall–Kier alpha value is -2.64. The maximum absolute atomic E-state index is 12.9. The number of anilines is 1. The van der Waals surface area contributed by atoms with Gasteiger partial charge in [0, 0.05) is 30.4 Å². The molecule has 0 spiro atoms. The van der Waals surface area contributed by atoms with Crippen LogP contribution in [0.5, 0.6) is 5.75 Å². The Bertz CT molecular complexity index is 978. The van der Waals surface area contributed by atoms with Crippen molar-refractivity contribution in [1.82, 2.24) is 4.31 Å². The lowest BCUT2D eigenvalue weighted by atomic mass is 10.2. The molecule has 1 fully saturated rings. The average Bonchev–Trinajstić information content (AvgIpc) is 3.03. The van der Waals surface area contributed by atoms with Crippen LogP contribution in [0.3, 0.4) is 0 Å². The number of ether oxygens (including phenoxy) is 1. The quantitative estimate of drug-likeness (QED) is 0.727. The molecular formula is C22H26N2O4S. The summed E-state index contributed by atoms with van der Waals surface area (Å²) in [6.07, 6.45) is 6.92. The molecule has 3 rings (SSSR count). The van der Waals surface area contributed by atoms with Gasteiger partial charge in [-0.3, -0.25) is 4.79 Å². The summed E-state index contributed by atoms with van der Waals surface area (Å²) in [6, 6.07) is 13.8. The summed E-state index contributed by atoms with van der Waals surface area (Å²) in [5, 5.41) is 2.73. The second-order valence-corrected chi connectivity index (χ2v) is 8.85. The first kappa shape index (κ1) is 21.1. The van der Waals surface area contributed by atoms with Crippen molar-refractivity contribution in [3.8, 4) is 5.75 Å². The zero-order valence-corrected chi connectivity index (χ0v) is 17.3. The van der Waals surface area contributed by atoms with Gasteiger partial charge in [-0.05, 0) is 43.2 Å². The molecule has 154 valence electrons. The molecular weight excluding hydrogens is 388 g/mol. The third kappa shape index (κ3) is 5.46. The lowest BCUT2D eigenvalue weighted by Crippen LogP contribution is -2.32. The highest BCUT2D eigenvalue weighted by atomic mass is 32.2.